The zero-order valence-corrected chi connectivity index (χ0v) is 11.7. The minimum atomic E-state index is -0.357. The highest BCUT2D eigenvalue weighted by molar-refractivity contribution is 5.44. The van der Waals surface area contributed by atoms with Gasteiger partial charge in [-0.2, -0.15) is 0 Å². The SMILES string of the molecule is COc1cc(F)c(C(N)C(C)C(C)C)cc1OC. The summed E-state index contributed by atoms with van der Waals surface area (Å²) in [5.74, 6) is 1.08. The third kappa shape index (κ3) is 2.93. The summed E-state index contributed by atoms with van der Waals surface area (Å²) in [6.07, 6.45) is 0. The van der Waals surface area contributed by atoms with E-state index in [0.29, 0.717) is 23.0 Å². The molecular weight excluding hydrogens is 233 g/mol. The minimum absolute atomic E-state index is 0.178. The van der Waals surface area contributed by atoms with E-state index in [2.05, 4.69) is 13.8 Å². The average molecular weight is 255 g/mol. The molecule has 4 heteroatoms. The van der Waals surface area contributed by atoms with Crippen molar-refractivity contribution >= 4 is 0 Å². The van der Waals surface area contributed by atoms with Crippen LogP contribution in [0, 0.1) is 17.7 Å². The lowest BCUT2D eigenvalue weighted by Gasteiger charge is -2.24. The molecule has 2 atom stereocenters. The Bertz CT molecular complexity index is 407. The van der Waals surface area contributed by atoms with E-state index in [1.807, 2.05) is 6.92 Å². The van der Waals surface area contributed by atoms with Gasteiger partial charge in [0, 0.05) is 17.7 Å². The maximum atomic E-state index is 14.0. The van der Waals surface area contributed by atoms with E-state index in [4.69, 9.17) is 15.2 Å². The van der Waals surface area contributed by atoms with Gasteiger partial charge in [0.25, 0.3) is 0 Å². The second-order valence-electron chi connectivity index (χ2n) is 4.86. The van der Waals surface area contributed by atoms with Gasteiger partial charge in [-0.1, -0.05) is 20.8 Å². The molecule has 0 radical (unpaired) electrons. The number of nitrogens with two attached hydrogens (primary N) is 1. The predicted octanol–water partition coefficient (Wildman–Crippen LogP) is 3.13. The third-order valence-corrected chi connectivity index (χ3v) is 3.48. The van der Waals surface area contributed by atoms with E-state index in [1.54, 1.807) is 6.07 Å². The summed E-state index contributed by atoms with van der Waals surface area (Å²) in [5, 5.41) is 0. The van der Waals surface area contributed by atoms with Crippen molar-refractivity contribution in [3.8, 4) is 11.5 Å². The molecule has 1 aromatic rings. The lowest BCUT2D eigenvalue weighted by molar-refractivity contribution is 0.333. The summed E-state index contributed by atoms with van der Waals surface area (Å²) >= 11 is 0. The molecule has 1 rings (SSSR count). The second kappa shape index (κ2) is 6.05. The summed E-state index contributed by atoms with van der Waals surface area (Å²) in [7, 11) is 3.00. The molecule has 0 amide bonds. The second-order valence-corrected chi connectivity index (χ2v) is 4.86. The topological polar surface area (TPSA) is 44.5 Å². The Morgan fingerprint density at radius 1 is 1.06 bits per heavy atom. The van der Waals surface area contributed by atoms with Crippen LogP contribution in [-0.4, -0.2) is 14.2 Å². The molecule has 3 nitrogen and oxygen atoms in total. The lowest BCUT2D eigenvalue weighted by atomic mass is 9.86. The minimum Gasteiger partial charge on any atom is -0.493 e. The molecule has 0 aliphatic heterocycles. The van der Waals surface area contributed by atoms with Gasteiger partial charge in [0.2, 0.25) is 0 Å². The van der Waals surface area contributed by atoms with Crippen LogP contribution in [0.25, 0.3) is 0 Å². The zero-order valence-electron chi connectivity index (χ0n) is 11.7. The molecule has 0 spiro atoms. The molecule has 0 saturated heterocycles. The summed E-state index contributed by atoms with van der Waals surface area (Å²) in [4.78, 5) is 0. The molecular formula is C14H22FNO2. The fraction of sp³-hybridized carbons (Fsp3) is 0.571. The van der Waals surface area contributed by atoms with Crippen LogP contribution < -0.4 is 15.2 Å². The fourth-order valence-corrected chi connectivity index (χ4v) is 1.82. The van der Waals surface area contributed by atoms with E-state index in [-0.39, 0.29) is 17.8 Å². The van der Waals surface area contributed by atoms with Crippen molar-refractivity contribution < 1.29 is 13.9 Å². The van der Waals surface area contributed by atoms with Crippen molar-refractivity contribution in [2.24, 2.45) is 17.6 Å². The van der Waals surface area contributed by atoms with Gasteiger partial charge >= 0.3 is 0 Å². The summed E-state index contributed by atoms with van der Waals surface area (Å²) in [6, 6.07) is 2.59. The largest absolute Gasteiger partial charge is 0.493 e. The Hall–Kier alpha value is -1.29. The molecule has 0 fully saturated rings. The molecule has 0 aliphatic rings. The van der Waals surface area contributed by atoms with Gasteiger partial charge in [-0.3, -0.25) is 0 Å². The molecule has 0 aromatic heterocycles. The molecule has 102 valence electrons. The first-order valence-electron chi connectivity index (χ1n) is 6.09. The van der Waals surface area contributed by atoms with Gasteiger partial charge in [0.15, 0.2) is 11.5 Å². The molecule has 2 N–H and O–H groups in total. The van der Waals surface area contributed by atoms with Gasteiger partial charge in [0.05, 0.1) is 14.2 Å². The summed E-state index contributed by atoms with van der Waals surface area (Å²) < 4.78 is 24.2. The van der Waals surface area contributed by atoms with Crippen LogP contribution in [0.1, 0.15) is 32.4 Å². The molecule has 2 unspecified atom stereocenters. The molecule has 0 heterocycles. The third-order valence-electron chi connectivity index (χ3n) is 3.48. The standard InChI is InChI=1S/C14H22FNO2/c1-8(2)9(3)14(16)10-6-12(17-4)13(18-5)7-11(10)15/h6-9,14H,16H2,1-5H3. The summed E-state index contributed by atoms with van der Waals surface area (Å²) in [6.45, 7) is 6.16. The van der Waals surface area contributed by atoms with Crippen LogP contribution in [0.15, 0.2) is 12.1 Å². The van der Waals surface area contributed by atoms with E-state index in [1.165, 1.54) is 20.3 Å². The van der Waals surface area contributed by atoms with Crippen LogP contribution in [0.4, 0.5) is 4.39 Å². The van der Waals surface area contributed by atoms with Crippen LogP contribution in [0.3, 0.4) is 0 Å². The molecule has 0 bridgehead atoms. The van der Waals surface area contributed by atoms with Crippen molar-refractivity contribution in [1.29, 1.82) is 0 Å². The Balaban J connectivity index is 3.16. The Kier molecular flexibility index (Phi) is 4.96. The normalized spacial score (nSPS) is 14.4. The van der Waals surface area contributed by atoms with Crippen molar-refractivity contribution in [2.75, 3.05) is 14.2 Å². The molecule has 18 heavy (non-hydrogen) atoms. The molecule has 0 saturated carbocycles. The maximum absolute atomic E-state index is 14.0. The first kappa shape index (κ1) is 14.8. The first-order valence-corrected chi connectivity index (χ1v) is 6.09. The van der Waals surface area contributed by atoms with Crippen LogP contribution in [0.5, 0.6) is 11.5 Å². The number of hydrogen-bond acceptors (Lipinski definition) is 3. The molecule has 0 aliphatic carbocycles. The van der Waals surface area contributed by atoms with E-state index in [0.717, 1.165) is 0 Å². The number of methoxy groups -OCH3 is 2. The van der Waals surface area contributed by atoms with E-state index >= 15 is 0 Å². The number of hydrogen-bond donors (Lipinski definition) is 1. The number of benzene rings is 1. The van der Waals surface area contributed by atoms with Gasteiger partial charge in [-0.15, -0.1) is 0 Å². The van der Waals surface area contributed by atoms with E-state index < -0.39 is 0 Å². The van der Waals surface area contributed by atoms with Crippen LogP contribution >= 0.6 is 0 Å². The Labute approximate surface area is 108 Å². The van der Waals surface area contributed by atoms with Crippen LogP contribution in [0.2, 0.25) is 0 Å². The van der Waals surface area contributed by atoms with E-state index in [9.17, 15) is 4.39 Å². The van der Waals surface area contributed by atoms with Gasteiger partial charge < -0.3 is 15.2 Å². The summed E-state index contributed by atoms with van der Waals surface area (Å²) in [5.41, 5.74) is 6.59. The van der Waals surface area contributed by atoms with Crippen LogP contribution in [-0.2, 0) is 0 Å². The van der Waals surface area contributed by atoms with Crippen molar-refractivity contribution in [1.82, 2.24) is 0 Å². The average Bonchev–Trinajstić information content (AvgIpc) is 2.36. The Morgan fingerprint density at radius 2 is 1.56 bits per heavy atom. The number of rotatable bonds is 5. The van der Waals surface area contributed by atoms with Gasteiger partial charge in [-0.25, -0.2) is 4.39 Å². The lowest BCUT2D eigenvalue weighted by Crippen LogP contribution is -2.24. The predicted molar refractivity (Wildman–Crippen MR) is 70.4 cm³/mol. The number of halogens is 1. The monoisotopic (exact) mass is 255 g/mol. The van der Waals surface area contributed by atoms with Crippen molar-refractivity contribution in [3.63, 3.8) is 0 Å². The smallest absolute Gasteiger partial charge is 0.163 e. The highest BCUT2D eigenvalue weighted by Gasteiger charge is 2.23. The van der Waals surface area contributed by atoms with Crippen molar-refractivity contribution in [2.45, 2.75) is 26.8 Å². The van der Waals surface area contributed by atoms with Gasteiger partial charge in [0.1, 0.15) is 5.82 Å². The van der Waals surface area contributed by atoms with Gasteiger partial charge in [-0.05, 0) is 17.9 Å². The maximum Gasteiger partial charge on any atom is 0.163 e. The fourth-order valence-electron chi connectivity index (χ4n) is 1.82. The highest BCUT2D eigenvalue weighted by atomic mass is 19.1. The first-order chi connectivity index (χ1) is 8.42. The van der Waals surface area contributed by atoms with Crippen molar-refractivity contribution in [3.05, 3.63) is 23.5 Å². The highest BCUT2D eigenvalue weighted by Crippen LogP contribution is 2.35. The Morgan fingerprint density at radius 3 is 2.00 bits per heavy atom. The quantitative estimate of drug-likeness (QED) is 0.879. The number of ether oxygens (including phenoxy) is 2. The zero-order chi connectivity index (χ0) is 13.9. The molecule has 1 aromatic carbocycles.